The lowest BCUT2D eigenvalue weighted by molar-refractivity contribution is 0.0952. The smallest absolute Gasteiger partial charge is 0.251 e. The fraction of sp³-hybridized carbons (Fsp3) is 0.368. The fourth-order valence-corrected chi connectivity index (χ4v) is 2.17. The number of nitrogens with one attached hydrogen (secondary N) is 2. The van der Waals surface area contributed by atoms with Gasteiger partial charge in [0.2, 0.25) is 0 Å². The first-order valence-electron chi connectivity index (χ1n) is 8.32. The van der Waals surface area contributed by atoms with Crippen molar-refractivity contribution in [2.24, 2.45) is 5.92 Å². The lowest BCUT2D eigenvalue weighted by Gasteiger charge is -2.10. The van der Waals surface area contributed by atoms with Crippen LogP contribution >= 0.6 is 0 Å². The zero-order valence-electron chi connectivity index (χ0n) is 14.5. The van der Waals surface area contributed by atoms with Gasteiger partial charge in [0.15, 0.2) is 0 Å². The second kappa shape index (κ2) is 8.91. The third kappa shape index (κ3) is 5.57. The van der Waals surface area contributed by atoms with Gasteiger partial charge in [-0.3, -0.25) is 4.79 Å². The molecule has 0 spiro atoms. The average Bonchev–Trinajstić information content (AvgIpc) is 2.57. The zero-order valence-corrected chi connectivity index (χ0v) is 14.5. The van der Waals surface area contributed by atoms with Crippen LogP contribution in [0.1, 0.15) is 37.6 Å². The maximum Gasteiger partial charge on any atom is 0.251 e. The predicted molar refractivity (Wildman–Crippen MR) is 96.9 cm³/mol. The molecular weight excluding hydrogens is 302 g/mol. The number of amides is 1. The van der Waals surface area contributed by atoms with Gasteiger partial charge in [-0.2, -0.15) is 0 Å². The third-order valence-corrected chi connectivity index (χ3v) is 3.47. The molecule has 0 radical (unpaired) electrons. The van der Waals surface area contributed by atoms with Gasteiger partial charge in [0.25, 0.3) is 5.91 Å². The molecule has 5 heteroatoms. The molecule has 1 heterocycles. The molecule has 24 heavy (non-hydrogen) atoms. The van der Waals surface area contributed by atoms with Gasteiger partial charge in [-0.05, 0) is 55.7 Å². The van der Waals surface area contributed by atoms with Crippen LogP contribution in [0, 0.1) is 5.92 Å². The summed E-state index contributed by atoms with van der Waals surface area (Å²) in [4.78, 5) is 16.4. The minimum Gasteiger partial charge on any atom is -0.494 e. The molecule has 0 saturated heterocycles. The van der Waals surface area contributed by atoms with Gasteiger partial charge in [0.05, 0.1) is 6.61 Å². The van der Waals surface area contributed by atoms with Crippen molar-refractivity contribution < 1.29 is 9.53 Å². The van der Waals surface area contributed by atoms with Crippen LogP contribution in [-0.2, 0) is 0 Å². The number of nitrogens with zero attached hydrogens (tertiary/aromatic N) is 1. The van der Waals surface area contributed by atoms with Gasteiger partial charge in [-0.25, -0.2) is 4.98 Å². The summed E-state index contributed by atoms with van der Waals surface area (Å²) in [5.74, 6) is 1.96. The SMILES string of the molecule is CCOc1ccc(Nc2cc(C(=O)NCCC(C)C)ccn2)cc1. The number of hydrogen-bond acceptors (Lipinski definition) is 4. The number of rotatable bonds is 8. The summed E-state index contributed by atoms with van der Waals surface area (Å²) in [5, 5.41) is 6.13. The van der Waals surface area contributed by atoms with E-state index in [1.165, 1.54) is 0 Å². The minimum atomic E-state index is -0.0761. The van der Waals surface area contributed by atoms with Crippen molar-refractivity contribution in [1.82, 2.24) is 10.3 Å². The molecule has 0 aliphatic heterocycles. The quantitative estimate of drug-likeness (QED) is 0.769. The van der Waals surface area contributed by atoms with Gasteiger partial charge in [0.1, 0.15) is 11.6 Å². The maximum atomic E-state index is 12.2. The van der Waals surface area contributed by atoms with Crippen molar-refractivity contribution in [3.63, 3.8) is 0 Å². The minimum absolute atomic E-state index is 0.0761. The molecular formula is C19H25N3O2. The first-order chi connectivity index (χ1) is 11.6. The number of benzene rings is 1. The standard InChI is InChI=1S/C19H25N3O2/c1-4-24-17-7-5-16(6-8-17)22-18-13-15(10-12-20-18)19(23)21-11-9-14(2)3/h5-8,10,12-14H,4,9,11H2,1-3H3,(H,20,22)(H,21,23). The van der Waals surface area contributed by atoms with Gasteiger partial charge in [-0.15, -0.1) is 0 Å². The van der Waals surface area contributed by atoms with E-state index < -0.39 is 0 Å². The van der Waals surface area contributed by atoms with Crippen LogP contribution in [0.25, 0.3) is 0 Å². The molecule has 0 unspecified atom stereocenters. The normalized spacial score (nSPS) is 10.5. The molecule has 2 N–H and O–H groups in total. The second-order valence-electron chi connectivity index (χ2n) is 5.95. The molecule has 1 aromatic heterocycles. The topological polar surface area (TPSA) is 63.2 Å². The average molecular weight is 327 g/mol. The van der Waals surface area contributed by atoms with E-state index >= 15 is 0 Å². The molecule has 2 aromatic rings. The summed E-state index contributed by atoms with van der Waals surface area (Å²) in [7, 11) is 0. The van der Waals surface area contributed by atoms with Crippen LogP contribution in [0.5, 0.6) is 5.75 Å². The van der Waals surface area contributed by atoms with Crippen LogP contribution in [0.15, 0.2) is 42.6 Å². The summed E-state index contributed by atoms with van der Waals surface area (Å²) in [6.07, 6.45) is 2.60. The van der Waals surface area contributed by atoms with Crippen molar-refractivity contribution in [2.45, 2.75) is 27.2 Å². The fourth-order valence-electron chi connectivity index (χ4n) is 2.17. The zero-order chi connectivity index (χ0) is 17.4. The Labute approximate surface area is 143 Å². The summed E-state index contributed by atoms with van der Waals surface area (Å²) in [6.45, 7) is 7.55. The Morgan fingerprint density at radius 2 is 1.96 bits per heavy atom. The van der Waals surface area contributed by atoms with Crippen LogP contribution in [-0.4, -0.2) is 24.0 Å². The maximum absolute atomic E-state index is 12.2. The van der Waals surface area contributed by atoms with Gasteiger partial charge >= 0.3 is 0 Å². The van der Waals surface area contributed by atoms with Crippen LogP contribution in [0.4, 0.5) is 11.5 Å². The molecule has 2 rings (SSSR count). The molecule has 0 fully saturated rings. The van der Waals surface area contributed by atoms with E-state index in [1.54, 1.807) is 18.3 Å². The van der Waals surface area contributed by atoms with E-state index in [0.717, 1.165) is 17.9 Å². The lowest BCUT2D eigenvalue weighted by atomic mass is 10.1. The van der Waals surface area contributed by atoms with E-state index in [4.69, 9.17) is 4.74 Å². The molecule has 0 bridgehead atoms. The Morgan fingerprint density at radius 3 is 2.62 bits per heavy atom. The molecule has 0 saturated carbocycles. The van der Waals surface area contributed by atoms with E-state index in [-0.39, 0.29) is 5.91 Å². The van der Waals surface area contributed by atoms with E-state index in [9.17, 15) is 4.79 Å². The van der Waals surface area contributed by atoms with Crippen molar-refractivity contribution in [3.05, 3.63) is 48.2 Å². The van der Waals surface area contributed by atoms with E-state index in [0.29, 0.717) is 30.5 Å². The highest BCUT2D eigenvalue weighted by atomic mass is 16.5. The Balaban J connectivity index is 1.97. The molecule has 0 aliphatic rings. The van der Waals surface area contributed by atoms with Crippen molar-refractivity contribution >= 4 is 17.4 Å². The molecule has 1 aromatic carbocycles. The Morgan fingerprint density at radius 1 is 1.21 bits per heavy atom. The number of ether oxygens (including phenoxy) is 1. The Bertz CT molecular complexity index is 654. The number of anilines is 2. The number of aromatic nitrogens is 1. The highest BCUT2D eigenvalue weighted by Gasteiger charge is 2.07. The van der Waals surface area contributed by atoms with Crippen LogP contribution < -0.4 is 15.4 Å². The number of pyridine rings is 1. The van der Waals surface area contributed by atoms with Crippen molar-refractivity contribution in [3.8, 4) is 5.75 Å². The summed E-state index contributed by atoms with van der Waals surface area (Å²) in [5.41, 5.74) is 1.49. The summed E-state index contributed by atoms with van der Waals surface area (Å²) >= 11 is 0. The van der Waals surface area contributed by atoms with Crippen LogP contribution in [0.2, 0.25) is 0 Å². The highest BCUT2D eigenvalue weighted by Crippen LogP contribution is 2.19. The number of hydrogen-bond donors (Lipinski definition) is 2. The van der Waals surface area contributed by atoms with Gasteiger partial charge in [-0.1, -0.05) is 13.8 Å². The molecule has 128 valence electrons. The Kier molecular flexibility index (Phi) is 6.61. The van der Waals surface area contributed by atoms with Gasteiger partial charge in [0, 0.05) is 24.0 Å². The molecule has 0 aliphatic carbocycles. The van der Waals surface area contributed by atoms with Crippen molar-refractivity contribution in [1.29, 1.82) is 0 Å². The molecule has 0 atom stereocenters. The predicted octanol–water partition coefficient (Wildman–Crippen LogP) is 4.00. The first kappa shape index (κ1) is 17.8. The second-order valence-corrected chi connectivity index (χ2v) is 5.95. The monoisotopic (exact) mass is 327 g/mol. The molecule has 1 amide bonds. The lowest BCUT2D eigenvalue weighted by Crippen LogP contribution is -2.25. The number of carbonyl (C=O) groups excluding carboxylic acids is 1. The molecule has 5 nitrogen and oxygen atoms in total. The highest BCUT2D eigenvalue weighted by molar-refractivity contribution is 5.94. The first-order valence-corrected chi connectivity index (χ1v) is 8.32. The number of carbonyl (C=O) groups is 1. The van der Waals surface area contributed by atoms with Crippen molar-refractivity contribution in [2.75, 3.05) is 18.5 Å². The summed E-state index contributed by atoms with van der Waals surface area (Å²) < 4.78 is 5.42. The third-order valence-electron chi connectivity index (χ3n) is 3.47. The van der Waals surface area contributed by atoms with E-state index in [2.05, 4.69) is 29.5 Å². The van der Waals surface area contributed by atoms with Crippen LogP contribution in [0.3, 0.4) is 0 Å². The van der Waals surface area contributed by atoms with E-state index in [1.807, 2.05) is 31.2 Å². The van der Waals surface area contributed by atoms with Gasteiger partial charge < -0.3 is 15.4 Å². The Hall–Kier alpha value is -2.56. The largest absolute Gasteiger partial charge is 0.494 e. The summed E-state index contributed by atoms with van der Waals surface area (Å²) in [6, 6.07) is 11.1.